The Hall–Kier alpha value is -2.80. The van der Waals surface area contributed by atoms with Crippen molar-refractivity contribution in [3.8, 4) is 5.75 Å². The molecular weight excluding hydrogens is 302 g/mol. The summed E-state index contributed by atoms with van der Waals surface area (Å²) < 4.78 is 15.5. The number of nitrogens with one attached hydrogen (secondary N) is 1. The number of hydrogen-bond acceptors (Lipinski definition) is 5. The minimum Gasteiger partial charge on any atom is -0.491 e. The molecule has 0 bridgehead atoms. The van der Waals surface area contributed by atoms with Crippen molar-refractivity contribution in [1.29, 1.82) is 0 Å². The van der Waals surface area contributed by atoms with E-state index in [0.29, 0.717) is 24.7 Å². The van der Waals surface area contributed by atoms with E-state index in [1.165, 1.54) is 12.1 Å². The van der Waals surface area contributed by atoms with Crippen LogP contribution in [0.3, 0.4) is 0 Å². The number of amides is 1. The molecule has 2 N–H and O–H groups in total. The van der Waals surface area contributed by atoms with Gasteiger partial charge in [-0.3, -0.25) is 4.79 Å². The van der Waals surface area contributed by atoms with Crippen LogP contribution in [0.2, 0.25) is 0 Å². The van der Waals surface area contributed by atoms with Crippen LogP contribution in [0.4, 0.5) is 5.69 Å². The van der Waals surface area contributed by atoms with E-state index in [1.54, 1.807) is 31.4 Å². The van der Waals surface area contributed by atoms with Crippen molar-refractivity contribution >= 4 is 17.6 Å². The van der Waals surface area contributed by atoms with Gasteiger partial charge in [-0.15, -0.1) is 0 Å². The number of carboxylic acid groups (broad SMARTS) is 1. The first-order valence-electron chi connectivity index (χ1n) is 6.97. The Kier molecular flexibility index (Phi) is 5.76. The van der Waals surface area contributed by atoms with Crippen LogP contribution in [0.1, 0.15) is 27.5 Å². The summed E-state index contributed by atoms with van der Waals surface area (Å²) in [6.07, 6.45) is 0.721. The van der Waals surface area contributed by atoms with Gasteiger partial charge in [0, 0.05) is 20.1 Å². The molecule has 0 aliphatic rings. The summed E-state index contributed by atoms with van der Waals surface area (Å²) in [5.74, 6) is -1.64. The van der Waals surface area contributed by atoms with Gasteiger partial charge in [0.1, 0.15) is 5.75 Å². The fraction of sp³-hybridized carbons (Fsp3) is 0.250. The average molecular weight is 319 g/mol. The van der Waals surface area contributed by atoms with Crippen molar-refractivity contribution in [3.05, 3.63) is 47.9 Å². The smallest absolute Gasteiger partial charge is 0.371 e. The van der Waals surface area contributed by atoms with Gasteiger partial charge in [0.05, 0.1) is 12.3 Å². The van der Waals surface area contributed by atoms with Gasteiger partial charge in [-0.25, -0.2) is 4.79 Å². The molecule has 1 heterocycles. The molecule has 0 radical (unpaired) electrons. The third kappa shape index (κ3) is 4.58. The van der Waals surface area contributed by atoms with Gasteiger partial charge in [-0.05, 0) is 24.3 Å². The molecule has 23 heavy (non-hydrogen) atoms. The van der Waals surface area contributed by atoms with Crippen molar-refractivity contribution in [2.75, 3.05) is 25.6 Å². The lowest BCUT2D eigenvalue weighted by Gasteiger charge is -2.11. The molecule has 1 aromatic heterocycles. The Morgan fingerprint density at radius 1 is 1.13 bits per heavy atom. The highest BCUT2D eigenvalue weighted by molar-refractivity contribution is 6.03. The van der Waals surface area contributed by atoms with Crippen LogP contribution >= 0.6 is 0 Å². The Balaban J connectivity index is 2.03. The topological polar surface area (TPSA) is 98.0 Å². The van der Waals surface area contributed by atoms with E-state index in [0.717, 1.165) is 6.42 Å². The molecule has 7 nitrogen and oxygen atoms in total. The Labute approximate surface area is 132 Å². The third-order valence-electron chi connectivity index (χ3n) is 2.93. The predicted molar refractivity (Wildman–Crippen MR) is 82.1 cm³/mol. The highest BCUT2D eigenvalue weighted by Gasteiger charge is 2.16. The summed E-state index contributed by atoms with van der Waals surface area (Å²) >= 11 is 0. The fourth-order valence-corrected chi connectivity index (χ4v) is 1.84. The second kappa shape index (κ2) is 8.00. The SMILES string of the molecule is COCCCOc1ccccc1NC(=O)c1ccc(C(=O)O)o1. The van der Waals surface area contributed by atoms with Crippen molar-refractivity contribution < 1.29 is 28.6 Å². The first-order valence-corrected chi connectivity index (χ1v) is 6.97. The zero-order chi connectivity index (χ0) is 16.7. The molecule has 2 rings (SSSR count). The summed E-state index contributed by atoms with van der Waals surface area (Å²) in [5.41, 5.74) is 0.475. The van der Waals surface area contributed by atoms with E-state index in [2.05, 4.69) is 5.32 Å². The van der Waals surface area contributed by atoms with Gasteiger partial charge < -0.3 is 24.3 Å². The number of benzene rings is 1. The molecular formula is C16H17NO6. The van der Waals surface area contributed by atoms with Crippen molar-refractivity contribution in [3.63, 3.8) is 0 Å². The summed E-state index contributed by atoms with van der Waals surface area (Å²) in [6, 6.07) is 9.49. The minimum absolute atomic E-state index is 0.0865. The second-order valence-electron chi connectivity index (χ2n) is 4.61. The van der Waals surface area contributed by atoms with Crippen LogP contribution in [0.15, 0.2) is 40.8 Å². The predicted octanol–water partition coefficient (Wildman–Crippen LogP) is 2.65. The van der Waals surface area contributed by atoms with Crippen molar-refractivity contribution in [2.24, 2.45) is 0 Å². The summed E-state index contributed by atoms with van der Waals surface area (Å²) in [4.78, 5) is 22.9. The lowest BCUT2D eigenvalue weighted by molar-refractivity contribution is 0.0660. The Morgan fingerprint density at radius 2 is 1.87 bits per heavy atom. The molecule has 0 spiro atoms. The van der Waals surface area contributed by atoms with Gasteiger partial charge in [-0.2, -0.15) is 0 Å². The normalized spacial score (nSPS) is 10.3. The number of hydrogen-bond donors (Lipinski definition) is 2. The van der Waals surface area contributed by atoms with Gasteiger partial charge in [0.15, 0.2) is 5.76 Å². The van der Waals surface area contributed by atoms with E-state index < -0.39 is 11.9 Å². The molecule has 0 saturated carbocycles. The number of methoxy groups -OCH3 is 1. The molecule has 2 aromatic rings. The largest absolute Gasteiger partial charge is 0.491 e. The van der Waals surface area contributed by atoms with Crippen molar-refractivity contribution in [2.45, 2.75) is 6.42 Å². The standard InChI is InChI=1S/C16H17NO6/c1-21-9-4-10-22-12-6-3-2-5-11(12)17-15(18)13-7-8-14(23-13)16(19)20/h2-3,5-8H,4,9-10H2,1H3,(H,17,18)(H,19,20). The van der Waals surface area contributed by atoms with Crippen LogP contribution in [-0.4, -0.2) is 37.3 Å². The number of rotatable bonds is 8. The first-order chi connectivity index (χ1) is 11.1. The number of carbonyl (C=O) groups excluding carboxylic acids is 1. The van der Waals surface area contributed by atoms with Gasteiger partial charge in [-0.1, -0.05) is 12.1 Å². The molecule has 0 saturated heterocycles. The summed E-state index contributed by atoms with van der Waals surface area (Å²) in [7, 11) is 1.61. The maximum Gasteiger partial charge on any atom is 0.371 e. The number of aromatic carboxylic acids is 1. The quantitative estimate of drug-likeness (QED) is 0.726. The zero-order valence-corrected chi connectivity index (χ0v) is 12.6. The maximum atomic E-state index is 12.1. The van der Waals surface area contributed by atoms with Crippen LogP contribution in [0.5, 0.6) is 5.75 Å². The highest BCUT2D eigenvalue weighted by atomic mass is 16.5. The fourth-order valence-electron chi connectivity index (χ4n) is 1.84. The highest BCUT2D eigenvalue weighted by Crippen LogP contribution is 2.24. The van der Waals surface area contributed by atoms with Crippen LogP contribution in [-0.2, 0) is 4.74 Å². The molecule has 1 aromatic carbocycles. The number of para-hydroxylation sites is 2. The molecule has 0 fully saturated rings. The molecule has 0 aliphatic heterocycles. The number of furan rings is 1. The number of ether oxygens (including phenoxy) is 2. The number of carboxylic acids is 1. The number of carbonyl (C=O) groups is 2. The summed E-state index contributed by atoms with van der Waals surface area (Å²) in [6.45, 7) is 1.03. The maximum absolute atomic E-state index is 12.1. The molecule has 122 valence electrons. The minimum atomic E-state index is -1.23. The van der Waals surface area contributed by atoms with Crippen LogP contribution in [0.25, 0.3) is 0 Å². The summed E-state index contributed by atoms with van der Waals surface area (Å²) in [5, 5.41) is 11.4. The Morgan fingerprint density at radius 3 is 2.57 bits per heavy atom. The molecule has 1 amide bonds. The van der Waals surface area contributed by atoms with Gasteiger partial charge in [0.2, 0.25) is 5.76 Å². The average Bonchev–Trinajstić information content (AvgIpc) is 3.03. The monoisotopic (exact) mass is 319 g/mol. The van der Waals surface area contributed by atoms with Gasteiger partial charge >= 0.3 is 5.97 Å². The molecule has 0 unspecified atom stereocenters. The first kappa shape index (κ1) is 16.6. The Bertz CT molecular complexity index is 679. The van der Waals surface area contributed by atoms with E-state index in [9.17, 15) is 9.59 Å². The lowest BCUT2D eigenvalue weighted by atomic mass is 10.3. The lowest BCUT2D eigenvalue weighted by Crippen LogP contribution is -2.12. The molecule has 7 heteroatoms. The number of anilines is 1. The van der Waals surface area contributed by atoms with E-state index in [-0.39, 0.29) is 11.5 Å². The third-order valence-corrected chi connectivity index (χ3v) is 2.93. The van der Waals surface area contributed by atoms with Gasteiger partial charge in [0.25, 0.3) is 5.91 Å². The zero-order valence-electron chi connectivity index (χ0n) is 12.6. The van der Waals surface area contributed by atoms with Crippen molar-refractivity contribution in [1.82, 2.24) is 0 Å². The van der Waals surface area contributed by atoms with E-state index >= 15 is 0 Å². The van der Waals surface area contributed by atoms with Crippen LogP contribution in [0, 0.1) is 0 Å². The van der Waals surface area contributed by atoms with Crippen LogP contribution < -0.4 is 10.1 Å². The van der Waals surface area contributed by atoms with E-state index in [4.69, 9.17) is 19.0 Å². The molecule has 0 atom stereocenters. The second-order valence-corrected chi connectivity index (χ2v) is 4.61. The van der Waals surface area contributed by atoms with E-state index in [1.807, 2.05) is 0 Å². The molecule has 0 aliphatic carbocycles.